The fourth-order valence-electron chi connectivity index (χ4n) is 1.98. The van der Waals surface area contributed by atoms with Gasteiger partial charge in [-0.3, -0.25) is 0 Å². The van der Waals surface area contributed by atoms with Crippen molar-refractivity contribution in [1.82, 2.24) is 9.97 Å². The molecular weight excluding hydrogens is 308 g/mol. The minimum atomic E-state index is 0.269. The molecule has 0 unspecified atom stereocenters. The first-order chi connectivity index (χ1) is 11.5. The van der Waals surface area contributed by atoms with Gasteiger partial charge in [-0.15, -0.1) is 0 Å². The lowest BCUT2D eigenvalue weighted by Crippen LogP contribution is -1.98. The monoisotopic (exact) mass is 324 g/mol. The second-order valence-corrected chi connectivity index (χ2v) is 4.99. The van der Waals surface area contributed by atoms with Gasteiger partial charge < -0.3 is 32.4 Å². The predicted molar refractivity (Wildman–Crippen MR) is 92.7 cm³/mol. The van der Waals surface area contributed by atoms with E-state index in [2.05, 4.69) is 9.97 Å². The van der Waals surface area contributed by atoms with Gasteiger partial charge >= 0.3 is 0 Å². The Morgan fingerprint density at radius 2 is 1.08 bits per heavy atom. The number of anilines is 4. The number of nitrogens with zero attached hydrogens (tertiary/aromatic N) is 2. The van der Waals surface area contributed by atoms with Crippen LogP contribution in [0.25, 0.3) is 0 Å². The lowest BCUT2D eigenvalue weighted by molar-refractivity contribution is 0.435. The highest BCUT2D eigenvalue weighted by Crippen LogP contribution is 2.31. The first kappa shape index (κ1) is 15.2. The number of aromatic nitrogens is 2. The standard InChI is InChI=1S/C16H16N6O2/c17-9-1-3-13(11(19)5-9)23-15-7-16(22-8-21-15)24-14-4-2-10(18)6-12(14)20/h1-8H,17-20H2. The Bertz CT molecular complexity index is 815. The highest BCUT2D eigenvalue weighted by molar-refractivity contribution is 5.62. The summed E-state index contributed by atoms with van der Waals surface area (Å²) in [5, 5.41) is 0. The molecule has 122 valence electrons. The van der Waals surface area contributed by atoms with E-state index in [0.29, 0.717) is 34.2 Å². The second kappa shape index (κ2) is 6.21. The maximum atomic E-state index is 5.86. The molecule has 1 heterocycles. The highest BCUT2D eigenvalue weighted by Gasteiger charge is 2.08. The molecule has 3 aromatic rings. The number of ether oxygens (including phenoxy) is 2. The summed E-state index contributed by atoms with van der Waals surface area (Å²) in [6.07, 6.45) is 1.31. The van der Waals surface area contributed by atoms with Crippen LogP contribution in [0.4, 0.5) is 22.7 Å². The molecule has 8 N–H and O–H groups in total. The van der Waals surface area contributed by atoms with Crippen molar-refractivity contribution in [2.24, 2.45) is 0 Å². The SMILES string of the molecule is Nc1ccc(Oc2cc(Oc3ccc(N)cc3N)ncn2)c(N)c1. The average molecular weight is 324 g/mol. The Morgan fingerprint density at radius 3 is 1.50 bits per heavy atom. The van der Waals surface area contributed by atoms with Crippen LogP contribution in [0, 0.1) is 0 Å². The van der Waals surface area contributed by atoms with Crippen molar-refractivity contribution in [3.05, 3.63) is 48.8 Å². The normalized spacial score (nSPS) is 10.3. The van der Waals surface area contributed by atoms with Crippen molar-refractivity contribution in [2.45, 2.75) is 0 Å². The molecule has 0 fully saturated rings. The van der Waals surface area contributed by atoms with Crippen molar-refractivity contribution in [3.63, 3.8) is 0 Å². The van der Waals surface area contributed by atoms with E-state index in [-0.39, 0.29) is 11.8 Å². The summed E-state index contributed by atoms with van der Waals surface area (Å²) in [5.41, 5.74) is 24.9. The molecule has 3 rings (SSSR count). The predicted octanol–water partition coefficient (Wildman–Crippen LogP) is 2.39. The number of hydrogen-bond acceptors (Lipinski definition) is 8. The molecule has 2 aromatic carbocycles. The van der Waals surface area contributed by atoms with Crippen LogP contribution in [0.1, 0.15) is 0 Å². The summed E-state index contributed by atoms with van der Waals surface area (Å²) < 4.78 is 11.3. The van der Waals surface area contributed by atoms with Gasteiger partial charge in [0, 0.05) is 11.4 Å². The molecule has 0 aliphatic heterocycles. The summed E-state index contributed by atoms with van der Waals surface area (Å²) in [7, 11) is 0. The minimum absolute atomic E-state index is 0.269. The first-order valence-electron chi connectivity index (χ1n) is 6.99. The Labute approximate surface area is 138 Å². The van der Waals surface area contributed by atoms with Crippen LogP contribution in [0.15, 0.2) is 48.8 Å². The van der Waals surface area contributed by atoms with Gasteiger partial charge in [0.05, 0.1) is 17.4 Å². The van der Waals surface area contributed by atoms with Crippen molar-refractivity contribution in [3.8, 4) is 23.3 Å². The van der Waals surface area contributed by atoms with E-state index in [1.54, 1.807) is 36.4 Å². The summed E-state index contributed by atoms with van der Waals surface area (Å²) in [6.45, 7) is 0. The smallest absolute Gasteiger partial charge is 0.226 e. The van der Waals surface area contributed by atoms with Crippen LogP contribution in [0.3, 0.4) is 0 Å². The third-order valence-electron chi connectivity index (χ3n) is 3.11. The van der Waals surface area contributed by atoms with Crippen molar-refractivity contribution in [1.29, 1.82) is 0 Å². The van der Waals surface area contributed by atoms with Gasteiger partial charge in [-0.1, -0.05) is 0 Å². The average Bonchev–Trinajstić information content (AvgIpc) is 2.53. The number of hydrogen-bond donors (Lipinski definition) is 4. The third kappa shape index (κ3) is 3.38. The molecule has 8 heteroatoms. The molecule has 0 aliphatic carbocycles. The summed E-state index contributed by atoms with van der Waals surface area (Å²) >= 11 is 0. The van der Waals surface area contributed by atoms with E-state index in [4.69, 9.17) is 32.4 Å². The van der Waals surface area contributed by atoms with E-state index >= 15 is 0 Å². The zero-order chi connectivity index (χ0) is 17.1. The van der Waals surface area contributed by atoms with Gasteiger partial charge in [0.25, 0.3) is 0 Å². The molecule has 8 nitrogen and oxygen atoms in total. The fourth-order valence-corrected chi connectivity index (χ4v) is 1.98. The fraction of sp³-hybridized carbons (Fsp3) is 0. The largest absolute Gasteiger partial charge is 0.437 e. The minimum Gasteiger partial charge on any atom is -0.437 e. The van der Waals surface area contributed by atoms with Crippen LogP contribution in [0.5, 0.6) is 23.3 Å². The molecule has 0 atom stereocenters. The van der Waals surface area contributed by atoms with E-state index in [1.165, 1.54) is 12.4 Å². The molecular formula is C16H16N6O2. The van der Waals surface area contributed by atoms with E-state index in [9.17, 15) is 0 Å². The Morgan fingerprint density at radius 1 is 0.625 bits per heavy atom. The molecule has 1 aromatic heterocycles. The van der Waals surface area contributed by atoms with Crippen molar-refractivity contribution < 1.29 is 9.47 Å². The molecule has 0 saturated carbocycles. The van der Waals surface area contributed by atoms with Gasteiger partial charge in [-0.2, -0.15) is 0 Å². The van der Waals surface area contributed by atoms with Gasteiger partial charge in [0.15, 0.2) is 11.5 Å². The summed E-state index contributed by atoms with van der Waals surface area (Å²) in [5.74, 6) is 1.40. The van der Waals surface area contributed by atoms with E-state index in [0.717, 1.165) is 0 Å². The van der Waals surface area contributed by atoms with E-state index in [1.807, 2.05) is 0 Å². The number of benzene rings is 2. The summed E-state index contributed by atoms with van der Waals surface area (Å²) in [4.78, 5) is 8.05. The maximum absolute atomic E-state index is 5.86. The Balaban J connectivity index is 1.81. The number of rotatable bonds is 4. The second-order valence-electron chi connectivity index (χ2n) is 4.99. The lowest BCUT2D eigenvalue weighted by atomic mass is 10.2. The third-order valence-corrected chi connectivity index (χ3v) is 3.11. The molecule has 0 radical (unpaired) electrons. The molecule has 0 saturated heterocycles. The molecule has 0 amide bonds. The molecule has 0 aliphatic rings. The van der Waals surface area contributed by atoms with Gasteiger partial charge in [0.1, 0.15) is 6.33 Å². The maximum Gasteiger partial charge on any atom is 0.226 e. The van der Waals surface area contributed by atoms with Crippen LogP contribution >= 0.6 is 0 Å². The first-order valence-corrected chi connectivity index (χ1v) is 6.99. The lowest BCUT2D eigenvalue weighted by Gasteiger charge is -2.10. The van der Waals surface area contributed by atoms with Gasteiger partial charge in [0.2, 0.25) is 11.8 Å². The van der Waals surface area contributed by atoms with Crippen molar-refractivity contribution >= 4 is 22.7 Å². The molecule has 24 heavy (non-hydrogen) atoms. The van der Waals surface area contributed by atoms with E-state index < -0.39 is 0 Å². The Hall–Kier alpha value is -3.68. The number of nitrogens with two attached hydrogens (primary N) is 4. The van der Waals surface area contributed by atoms with Crippen LogP contribution < -0.4 is 32.4 Å². The van der Waals surface area contributed by atoms with Crippen molar-refractivity contribution in [2.75, 3.05) is 22.9 Å². The Kier molecular flexibility index (Phi) is 3.94. The van der Waals surface area contributed by atoms with Crippen LogP contribution in [-0.4, -0.2) is 9.97 Å². The van der Waals surface area contributed by atoms with Gasteiger partial charge in [-0.25, -0.2) is 9.97 Å². The molecule has 0 bridgehead atoms. The zero-order valence-corrected chi connectivity index (χ0v) is 12.6. The zero-order valence-electron chi connectivity index (χ0n) is 12.6. The highest BCUT2D eigenvalue weighted by atomic mass is 16.5. The molecule has 0 spiro atoms. The van der Waals surface area contributed by atoms with Crippen LogP contribution in [0.2, 0.25) is 0 Å². The summed E-state index contributed by atoms with van der Waals surface area (Å²) in [6, 6.07) is 11.4. The topological polar surface area (TPSA) is 148 Å². The quantitative estimate of drug-likeness (QED) is 0.534. The van der Waals surface area contributed by atoms with Gasteiger partial charge in [-0.05, 0) is 36.4 Å². The van der Waals surface area contributed by atoms with Crippen LogP contribution in [-0.2, 0) is 0 Å². The number of nitrogen functional groups attached to an aromatic ring is 4.